The molecule has 0 radical (unpaired) electrons. The first-order valence-corrected chi connectivity index (χ1v) is 8.14. The normalized spacial score (nSPS) is 17.4. The van der Waals surface area contributed by atoms with E-state index in [1.807, 2.05) is 24.0 Å². The van der Waals surface area contributed by atoms with Gasteiger partial charge in [0, 0.05) is 49.9 Å². The molecule has 1 aliphatic heterocycles. The van der Waals surface area contributed by atoms with Gasteiger partial charge in [-0.25, -0.2) is 4.98 Å². The Morgan fingerprint density at radius 2 is 2.18 bits per heavy atom. The summed E-state index contributed by atoms with van der Waals surface area (Å²) < 4.78 is 7.48. The van der Waals surface area contributed by atoms with Crippen molar-refractivity contribution in [1.29, 1.82) is 0 Å². The van der Waals surface area contributed by atoms with Crippen LogP contribution in [0.25, 0.3) is 11.4 Å². The van der Waals surface area contributed by atoms with E-state index in [0.29, 0.717) is 6.04 Å². The van der Waals surface area contributed by atoms with Crippen LogP contribution in [0.2, 0.25) is 0 Å². The second kappa shape index (κ2) is 6.97. The average molecular weight is 299 g/mol. The van der Waals surface area contributed by atoms with Crippen molar-refractivity contribution in [3.63, 3.8) is 0 Å². The summed E-state index contributed by atoms with van der Waals surface area (Å²) in [5.74, 6) is 1.79. The van der Waals surface area contributed by atoms with Gasteiger partial charge in [-0.2, -0.15) is 0 Å². The largest absolute Gasteiger partial charge is 0.383 e. The summed E-state index contributed by atoms with van der Waals surface area (Å²) in [7, 11) is 2.02. The predicted octanol–water partition coefficient (Wildman–Crippen LogP) is 3.70. The summed E-state index contributed by atoms with van der Waals surface area (Å²) in [5.41, 5.74) is 2.32. The number of nitrogens with one attached hydrogen (secondary N) is 1. The van der Waals surface area contributed by atoms with Gasteiger partial charge in [0.25, 0.3) is 0 Å². The number of hydrogen-bond donors (Lipinski definition) is 1. The van der Waals surface area contributed by atoms with Crippen LogP contribution in [0.5, 0.6) is 0 Å². The van der Waals surface area contributed by atoms with E-state index in [4.69, 9.17) is 4.74 Å². The van der Waals surface area contributed by atoms with Gasteiger partial charge in [-0.3, -0.25) is 0 Å². The monoisotopic (exact) mass is 299 g/mol. The van der Waals surface area contributed by atoms with Gasteiger partial charge in [-0.05, 0) is 44.2 Å². The van der Waals surface area contributed by atoms with Crippen molar-refractivity contribution < 1.29 is 4.74 Å². The fraction of sp³-hybridized carbons (Fsp3) is 0.500. The Kier molecular flexibility index (Phi) is 4.78. The summed E-state index contributed by atoms with van der Waals surface area (Å²) in [5, 5.41) is 3.63. The molecule has 2 heterocycles. The lowest BCUT2D eigenvalue weighted by Gasteiger charge is -2.26. The molecule has 4 heteroatoms. The van der Waals surface area contributed by atoms with Crippen LogP contribution in [0.4, 0.5) is 5.69 Å². The quantitative estimate of drug-likeness (QED) is 0.915. The molecule has 4 nitrogen and oxygen atoms in total. The zero-order valence-electron chi connectivity index (χ0n) is 13.5. The lowest BCUT2D eigenvalue weighted by molar-refractivity contribution is 0.0629. The molecular weight excluding hydrogens is 274 g/mol. The molecule has 0 spiro atoms. The zero-order valence-corrected chi connectivity index (χ0v) is 13.5. The molecule has 1 fully saturated rings. The summed E-state index contributed by atoms with van der Waals surface area (Å²) in [4.78, 5) is 4.42. The van der Waals surface area contributed by atoms with Gasteiger partial charge in [0.15, 0.2) is 0 Å². The van der Waals surface area contributed by atoms with Crippen molar-refractivity contribution in [2.24, 2.45) is 13.0 Å². The molecule has 2 aromatic rings. The summed E-state index contributed by atoms with van der Waals surface area (Å²) in [6.45, 7) is 4.11. The highest BCUT2D eigenvalue weighted by Gasteiger charge is 2.16. The van der Waals surface area contributed by atoms with Crippen molar-refractivity contribution in [3.8, 4) is 11.4 Å². The number of rotatable bonds is 5. The standard InChI is InChI=1S/C18H25N3O/c1-14(12-15-6-10-22-11-7-15)20-17-5-3-4-16(13-17)18-19-8-9-21(18)2/h3-5,8-9,13-15,20H,6-7,10-12H2,1-2H3/t14-/m0/s1. The van der Waals surface area contributed by atoms with Crippen LogP contribution < -0.4 is 5.32 Å². The molecule has 1 aliphatic rings. The third kappa shape index (κ3) is 3.69. The van der Waals surface area contributed by atoms with E-state index in [1.165, 1.54) is 24.9 Å². The molecule has 0 bridgehead atoms. The van der Waals surface area contributed by atoms with Gasteiger partial charge in [0.2, 0.25) is 0 Å². The lowest BCUT2D eigenvalue weighted by atomic mass is 9.93. The second-order valence-corrected chi connectivity index (χ2v) is 6.28. The fourth-order valence-electron chi connectivity index (χ4n) is 3.22. The van der Waals surface area contributed by atoms with Crippen LogP contribution in [0.1, 0.15) is 26.2 Å². The van der Waals surface area contributed by atoms with E-state index in [1.54, 1.807) is 0 Å². The Hall–Kier alpha value is -1.81. The van der Waals surface area contributed by atoms with Crippen molar-refractivity contribution in [3.05, 3.63) is 36.7 Å². The Bertz CT molecular complexity index is 602. The van der Waals surface area contributed by atoms with E-state index in [9.17, 15) is 0 Å². The molecule has 0 saturated carbocycles. The second-order valence-electron chi connectivity index (χ2n) is 6.28. The first-order chi connectivity index (χ1) is 10.7. The highest BCUT2D eigenvalue weighted by molar-refractivity contribution is 5.62. The van der Waals surface area contributed by atoms with Crippen molar-refractivity contribution in [1.82, 2.24) is 9.55 Å². The van der Waals surface area contributed by atoms with Gasteiger partial charge < -0.3 is 14.6 Å². The minimum absolute atomic E-state index is 0.472. The maximum atomic E-state index is 5.44. The summed E-state index contributed by atoms with van der Waals surface area (Å²) in [6.07, 6.45) is 7.40. The Morgan fingerprint density at radius 3 is 2.91 bits per heavy atom. The first kappa shape index (κ1) is 15.1. The van der Waals surface area contributed by atoms with Gasteiger partial charge in [0.1, 0.15) is 5.82 Å². The number of imidazole rings is 1. The number of benzene rings is 1. The molecule has 22 heavy (non-hydrogen) atoms. The van der Waals surface area contributed by atoms with E-state index < -0.39 is 0 Å². The molecule has 1 saturated heterocycles. The van der Waals surface area contributed by atoms with E-state index in [-0.39, 0.29) is 0 Å². The van der Waals surface area contributed by atoms with Crippen LogP contribution in [-0.2, 0) is 11.8 Å². The van der Waals surface area contributed by atoms with Gasteiger partial charge in [0.05, 0.1) is 0 Å². The van der Waals surface area contributed by atoms with Crippen LogP contribution in [0.15, 0.2) is 36.7 Å². The molecule has 1 atom stereocenters. The minimum atomic E-state index is 0.472. The molecule has 1 aromatic heterocycles. The molecule has 0 unspecified atom stereocenters. The molecule has 3 rings (SSSR count). The SMILES string of the molecule is C[C@@H](CC1CCOCC1)Nc1cccc(-c2nccn2C)c1. The van der Waals surface area contributed by atoms with Crippen molar-refractivity contribution in [2.75, 3.05) is 18.5 Å². The van der Waals surface area contributed by atoms with Crippen LogP contribution in [0.3, 0.4) is 0 Å². The van der Waals surface area contributed by atoms with E-state index in [2.05, 4.69) is 41.5 Å². The topological polar surface area (TPSA) is 39.1 Å². The lowest BCUT2D eigenvalue weighted by Crippen LogP contribution is -2.24. The van der Waals surface area contributed by atoms with Crippen LogP contribution in [-0.4, -0.2) is 28.8 Å². The molecule has 1 N–H and O–H groups in total. The highest BCUT2D eigenvalue weighted by Crippen LogP contribution is 2.24. The highest BCUT2D eigenvalue weighted by atomic mass is 16.5. The predicted molar refractivity (Wildman–Crippen MR) is 89.9 cm³/mol. The number of aromatic nitrogens is 2. The molecule has 118 valence electrons. The minimum Gasteiger partial charge on any atom is -0.383 e. The molecule has 0 amide bonds. The molecule has 1 aromatic carbocycles. The van der Waals surface area contributed by atoms with E-state index in [0.717, 1.165) is 30.5 Å². The van der Waals surface area contributed by atoms with Gasteiger partial charge in [-0.1, -0.05) is 12.1 Å². The fourth-order valence-corrected chi connectivity index (χ4v) is 3.22. The third-order valence-electron chi connectivity index (χ3n) is 4.38. The number of aryl methyl sites for hydroxylation is 1. The van der Waals surface area contributed by atoms with E-state index >= 15 is 0 Å². The molecule has 0 aliphatic carbocycles. The number of ether oxygens (including phenoxy) is 1. The summed E-state index contributed by atoms with van der Waals surface area (Å²) in [6, 6.07) is 8.99. The Labute approximate surface area is 132 Å². The Balaban J connectivity index is 1.63. The maximum absolute atomic E-state index is 5.44. The van der Waals surface area contributed by atoms with Gasteiger partial charge >= 0.3 is 0 Å². The first-order valence-electron chi connectivity index (χ1n) is 8.14. The number of nitrogens with zero attached hydrogens (tertiary/aromatic N) is 2. The Morgan fingerprint density at radius 1 is 1.36 bits per heavy atom. The van der Waals surface area contributed by atoms with Gasteiger partial charge in [-0.15, -0.1) is 0 Å². The smallest absolute Gasteiger partial charge is 0.139 e. The van der Waals surface area contributed by atoms with Crippen molar-refractivity contribution >= 4 is 5.69 Å². The maximum Gasteiger partial charge on any atom is 0.139 e. The summed E-state index contributed by atoms with van der Waals surface area (Å²) >= 11 is 0. The van der Waals surface area contributed by atoms with Crippen molar-refractivity contribution in [2.45, 2.75) is 32.2 Å². The van der Waals surface area contributed by atoms with Crippen LogP contribution in [0, 0.1) is 5.92 Å². The van der Waals surface area contributed by atoms with Crippen LogP contribution >= 0.6 is 0 Å². The number of anilines is 1. The zero-order chi connectivity index (χ0) is 15.4. The number of hydrogen-bond acceptors (Lipinski definition) is 3. The third-order valence-corrected chi connectivity index (χ3v) is 4.38. The average Bonchev–Trinajstić information content (AvgIpc) is 2.94. The molecular formula is C18H25N3O.